The van der Waals surface area contributed by atoms with E-state index in [1.165, 1.54) is 302 Å². The summed E-state index contributed by atoms with van der Waals surface area (Å²) in [5.41, 5.74) is 0. The highest BCUT2D eigenvalue weighted by molar-refractivity contribution is 5.76. The molecule has 0 aromatic heterocycles. The number of esters is 1. The number of hydrogen-bond donors (Lipinski definition) is 3. The van der Waals surface area contributed by atoms with E-state index in [0.717, 1.165) is 38.5 Å². The summed E-state index contributed by atoms with van der Waals surface area (Å²) in [5, 5.41) is 23.1. The summed E-state index contributed by atoms with van der Waals surface area (Å²) in [6.07, 6.45) is 78.1. The lowest BCUT2D eigenvalue weighted by Gasteiger charge is -2.20. The van der Waals surface area contributed by atoms with Crippen LogP contribution in [0.4, 0.5) is 0 Å². The standard InChI is InChI=1S/C67H129NO5/c1-3-5-7-9-11-13-15-17-18-33-37-41-45-49-53-57-61-67(72)73-62-58-54-50-46-42-38-34-31-29-27-25-23-21-19-20-22-24-26-28-30-32-36-40-44-48-52-56-60-66(71)68-64(63-69)65(70)59-55-51-47-43-39-35-16-14-12-10-8-6-4-2/h19-20,55,59,64-65,69-70H,3-18,21-54,56-58,60-63H2,1-2H3,(H,68,71)/b20-19-,59-55+. The Hall–Kier alpha value is -1.66. The largest absolute Gasteiger partial charge is 0.466 e. The van der Waals surface area contributed by atoms with Gasteiger partial charge >= 0.3 is 5.97 Å². The van der Waals surface area contributed by atoms with Gasteiger partial charge in [0.1, 0.15) is 0 Å². The fraction of sp³-hybridized carbons (Fsp3) is 0.910. The van der Waals surface area contributed by atoms with Crippen LogP contribution in [0.3, 0.4) is 0 Å². The molecule has 0 rings (SSSR count). The molecule has 2 unspecified atom stereocenters. The molecule has 0 aliphatic rings. The van der Waals surface area contributed by atoms with Crippen molar-refractivity contribution in [1.29, 1.82) is 0 Å². The van der Waals surface area contributed by atoms with E-state index in [9.17, 15) is 19.8 Å². The van der Waals surface area contributed by atoms with E-state index in [2.05, 4.69) is 31.3 Å². The number of allylic oxidation sites excluding steroid dienone is 3. The molecule has 0 aliphatic carbocycles. The number of nitrogens with one attached hydrogen (secondary N) is 1. The zero-order valence-corrected chi connectivity index (χ0v) is 49.4. The van der Waals surface area contributed by atoms with Gasteiger partial charge in [0.15, 0.2) is 0 Å². The Morgan fingerprint density at radius 3 is 0.973 bits per heavy atom. The third-order valence-corrected chi connectivity index (χ3v) is 15.5. The van der Waals surface area contributed by atoms with Crippen molar-refractivity contribution in [3.8, 4) is 0 Å². The van der Waals surface area contributed by atoms with Gasteiger partial charge in [0.2, 0.25) is 5.91 Å². The number of aliphatic hydroxyl groups is 2. The van der Waals surface area contributed by atoms with Crippen molar-refractivity contribution in [2.75, 3.05) is 13.2 Å². The van der Waals surface area contributed by atoms with Gasteiger partial charge in [-0.2, -0.15) is 0 Å². The van der Waals surface area contributed by atoms with Gasteiger partial charge in [-0.25, -0.2) is 0 Å². The summed E-state index contributed by atoms with van der Waals surface area (Å²) in [5.74, 6) is -0.0490. The van der Waals surface area contributed by atoms with Crippen LogP contribution in [-0.2, 0) is 14.3 Å². The quantitative estimate of drug-likeness (QED) is 0.0320. The molecule has 0 heterocycles. The number of rotatable bonds is 62. The summed E-state index contributed by atoms with van der Waals surface area (Å²) >= 11 is 0. The molecule has 0 spiro atoms. The summed E-state index contributed by atoms with van der Waals surface area (Å²) in [6, 6.07) is -0.627. The molecule has 3 N–H and O–H groups in total. The molecule has 432 valence electrons. The molecule has 2 atom stereocenters. The van der Waals surface area contributed by atoms with Crippen molar-refractivity contribution >= 4 is 11.9 Å². The molecule has 6 nitrogen and oxygen atoms in total. The normalized spacial score (nSPS) is 12.7. The van der Waals surface area contributed by atoms with Gasteiger partial charge in [-0.15, -0.1) is 0 Å². The number of aliphatic hydroxyl groups excluding tert-OH is 2. The highest BCUT2D eigenvalue weighted by Gasteiger charge is 2.18. The Morgan fingerprint density at radius 2 is 0.644 bits per heavy atom. The number of hydrogen-bond acceptors (Lipinski definition) is 5. The van der Waals surface area contributed by atoms with Crippen molar-refractivity contribution in [3.05, 3.63) is 24.3 Å². The number of carbonyl (C=O) groups excluding carboxylic acids is 2. The van der Waals surface area contributed by atoms with Gasteiger partial charge in [-0.1, -0.05) is 321 Å². The van der Waals surface area contributed by atoms with Gasteiger partial charge in [0, 0.05) is 12.8 Å². The van der Waals surface area contributed by atoms with Gasteiger partial charge < -0.3 is 20.3 Å². The topological polar surface area (TPSA) is 95.9 Å². The first kappa shape index (κ1) is 71.3. The molecule has 0 fully saturated rings. The molecule has 0 aliphatic heterocycles. The van der Waals surface area contributed by atoms with E-state index in [4.69, 9.17) is 4.74 Å². The van der Waals surface area contributed by atoms with Crippen LogP contribution in [0.1, 0.15) is 367 Å². The third-order valence-electron chi connectivity index (χ3n) is 15.5. The van der Waals surface area contributed by atoms with Crippen LogP contribution >= 0.6 is 0 Å². The molecule has 0 saturated heterocycles. The van der Waals surface area contributed by atoms with Gasteiger partial charge in [-0.05, 0) is 57.8 Å². The molecular weight excluding hydrogens is 899 g/mol. The van der Waals surface area contributed by atoms with Crippen LogP contribution in [0.2, 0.25) is 0 Å². The summed E-state index contributed by atoms with van der Waals surface area (Å²) in [4.78, 5) is 24.5. The van der Waals surface area contributed by atoms with E-state index in [0.29, 0.717) is 19.4 Å². The molecule has 0 bridgehead atoms. The Bertz CT molecular complexity index is 1140. The van der Waals surface area contributed by atoms with E-state index in [-0.39, 0.29) is 18.5 Å². The minimum Gasteiger partial charge on any atom is -0.466 e. The number of ether oxygens (including phenoxy) is 1. The maximum atomic E-state index is 12.5. The van der Waals surface area contributed by atoms with Crippen molar-refractivity contribution in [1.82, 2.24) is 5.32 Å². The predicted molar refractivity (Wildman–Crippen MR) is 320 cm³/mol. The second kappa shape index (κ2) is 62.9. The second-order valence-electron chi connectivity index (χ2n) is 22.8. The van der Waals surface area contributed by atoms with Crippen LogP contribution in [0.5, 0.6) is 0 Å². The minimum absolute atomic E-state index is 0.0186. The van der Waals surface area contributed by atoms with E-state index < -0.39 is 12.1 Å². The van der Waals surface area contributed by atoms with Crippen molar-refractivity contribution < 1.29 is 24.5 Å². The third kappa shape index (κ3) is 59.4. The van der Waals surface area contributed by atoms with Crippen LogP contribution < -0.4 is 5.32 Å². The SMILES string of the molecule is CCCCCCCCCCCCC/C=C/C(O)C(CO)NC(=O)CCCCCCCCCCCCC/C=C\CCCCCCCCCCCCCCOC(=O)CCCCCCCCCCCCCCCCCC. The molecule has 1 amide bonds. The van der Waals surface area contributed by atoms with Crippen LogP contribution in [0, 0.1) is 0 Å². The van der Waals surface area contributed by atoms with Gasteiger partial charge in [0.05, 0.1) is 25.4 Å². The molecule has 0 radical (unpaired) electrons. The molecule has 0 aromatic rings. The Balaban J connectivity index is 3.37. The molecule has 0 aromatic carbocycles. The first-order chi connectivity index (χ1) is 36.0. The van der Waals surface area contributed by atoms with Crippen LogP contribution in [0.25, 0.3) is 0 Å². The Morgan fingerprint density at radius 1 is 0.370 bits per heavy atom. The monoisotopic (exact) mass is 1030 g/mol. The zero-order valence-electron chi connectivity index (χ0n) is 49.4. The van der Waals surface area contributed by atoms with E-state index in [1.54, 1.807) is 6.08 Å². The minimum atomic E-state index is -0.844. The van der Waals surface area contributed by atoms with Crippen molar-refractivity contribution in [2.24, 2.45) is 0 Å². The van der Waals surface area contributed by atoms with Crippen molar-refractivity contribution in [3.63, 3.8) is 0 Å². The fourth-order valence-electron chi connectivity index (χ4n) is 10.4. The number of amides is 1. The maximum absolute atomic E-state index is 12.5. The Kier molecular flexibility index (Phi) is 61.4. The van der Waals surface area contributed by atoms with Crippen LogP contribution in [-0.4, -0.2) is 47.4 Å². The van der Waals surface area contributed by atoms with E-state index in [1.807, 2.05) is 6.08 Å². The lowest BCUT2D eigenvalue weighted by molar-refractivity contribution is -0.143. The molecular formula is C67H129NO5. The molecule has 0 saturated carbocycles. The number of carbonyl (C=O) groups is 2. The maximum Gasteiger partial charge on any atom is 0.305 e. The molecule has 73 heavy (non-hydrogen) atoms. The van der Waals surface area contributed by atoms with Crippen molar-refractivity contribution in [2.45, 2.75) is 379 Å². The Labute approximate surface area is 456 Å². The summed E-state index contributed by atoms with van der Waals surface area (Å²) in [7, 11) is 0. The lowest BCUT2D eigenvalue weighted by Crippen LogP contribution is -2.45. The van der Waals surface area contributed by atoms with Gasteiger partial charge in [-0.3, -0.25) is 9.59 Å². The fourth-order valence-corrected chi connectivity index (χ4v) is 10.4. The lowest BCUT2D eigenvalue weighted by atomic mass is 10.0. The average Bonchev–Trinajstić information content (AvgIpc) is 3.39. The average molecular weight is 1030 g/mol. The molecule has 6 heteroatoms. The number of unbranched alkanes of at least 4 members (excludes halogenated alkanes) is 49. The smallest absolute Gasteiger partial charge is 0.305 e. The first-order valence-electron chi connectivity index (χ1n) is 33.1. The first-order valence-corrected chi connectivity index (χ1v) is 33.1. The van der Waals surface area contributed by atoms with Gasteiger partial charge in [0.25, 0.3) is 0 Å². The van der Waals surface area contributed by atoms with Crippen LogP contribution in [0.15, 0.2) is 24.3 Å². The highest BCUT2D eigenvalue weighted by Crippen LogP contribution is 2.18. The highest BCUT2D eigenvalue weighted by atomic mass is 16.5. The summed E-state index contributed by atoms with van der Waals surface area (Å²) in [6.45, 7) is 4.93. The van der Waals surface area contributed by atoms with E-state index >= 15 is 0 Å². The zero-order chi connectivity index (χ0) is 52.9. The predicted octanol–water partition coefficient (Wildman–Crippen LogP) is 21.0. The summed E-state index contributed by atoms with van der Waals surface area (Å²) < 4.78 is 5.50. The second-order valence-corrected chi connectivity index (χ2v) is 22.8.